The van der Waals surface area contributed by atoms with Crippen LogP contribution in [0.2, 0.25) is 0 Å². The van der Waals surface area contributed by atoms with Crippen molar-refractivity contribution in [1.29, 1.82) is 0 Å². The minimum Gasteiger partial charge on any atom is -0.313 e. The Morgan fingerprint density at radius 2 is 1.42 bits per heavy atom. The second-order valence-electron chi connectivity index (χ2n) is 3.23. The number of hydrogen-bond acceptors (Lipinski definition) is 2. The van der Waals surface area contributed by atoms with Gasteiger partial charge in [-0.25, -0.2) is 0 Å². The summed E-state index contributed by atoms with van der Waals surface area (Å²) in [6.07, 6.45) is 4.55. The van der Waals surface area contributed by atoms with Crippen LogP contribution in [0.1, 0.15) is 13.8 Å². The third-order valence-electron chi connectivity index (χ3n) is 2.43. The molecule has 2 aliphatic heterocycles. The molecule has 2 nitrogen and oxygen atoms in total. The SMILES string of the molecule is CC1=CC2=S(N1C)N(C)C(C)=C2. The first-order valence-electron chi connectivity index (χ1n) is 4.07. The largest absolute Gasteiger partial charge is 0.313 e. The van der Waals surface area contributed by atoms with Gasteiger partial charge in [0.25, 0.3) is 0 Å². The van der Waals surface area contributed by atoms with Crippen LogP contribution in [0.5, 0.6) is 0 Å². The Hall–Kier alpha value is -0.700. The predicted octanol–water partition coefficient (Wildman–Crippen LogP) is 1.96. The summed E-state index contributed by atoms with van der Waals surface area (Å²) in [5.74, 6) is 0. The summed E-state index contributed by atoms with van der Waals surface area (Å²) in [5.41, 5.74) is 2.73. The van der Waals surface area contributed by atoms with Crippen molar-refractivity contribution in [3.05, 3.63) is 23.5 Å². The molecule has 0 unspecified atom stereocenters. The van der Waals surface area contributed by atoms with E-state index in [0.29, 0.717) is 0 Å². The minimum absolute atomic E-state index is 0.181. The van der Waals surface area contributed by atoms with Crippen LogP contribution in [0.3, 0.4) is 0 Å². The van der Waals surface area contributed by atoms with Crippen LogP contribution in [0.15, 0.2) is 23.5 Å². The molecule has 3 heteroatoms. The fourth-order valence-electron chi connectivity index (χ4n) is 1.51. The molecule has 0 aromatic heterocycles. The van der Waals surface area contributed by atoms with Gasteiger partial charge < -0.3 is 8.61 Å². The van der Waals surface area contributed by atoms with Crippen molar-refractivity contribution in [2.45, 2.75) is 13.8 Å². The zero-order chi connectivity index (χ0) is 8.88. The van der Waals surface area contributed by atoms with Crippen LogP contribution in [0.4, 0.5) is 0 Å². The monoisotopic (exact) mass is 182 g/mol. The Bertz CT molecular complexity index is 295. The second-order valence-corrected chi connectivity index (χ2v) is 5.33. The number of nitrogens with zero attached hydrogens (tertiary/aromatic N) is 2. The van der Waals surface area contributed by atoms with Crippen LogP contribution in [-0.4, -0.2) is 27.6 Å². The lowest BCUT2D eigenvalue weighted by Crippen LogP contribution is -2.16. The van der Waals surface area contributed by atoms with E-state index < -0.39 is 0 Å². The lowest BCUT2D eigenvalue weighted by atomic mass is 10.3. The maximum atomic E-state index is 2.34. The van der Waals surface area contributed by atoms with Crippen molar-refractivity contribution in [1.82, 2.24) is 8.61 Å². The highest BCUT2D eigenvalue weighted by molar-refractivity contribution is 8.13. The Kier molecular flexibility index (Phi) is 1.58. The topological polar surface area (TPSA) is 6.48 Å². The molecule has 0 fully saturated rings. The zero-order valence-corrected chi connectivity index (χ0v) is 8.77. The first-order valence-corrected chi connectivity index (χ1v) is 5.20. The van der Waals surface area contributed by atoms with Gasteiger partial charge in [0.15, 0.2) is 0 Å². The number of rotatable bonds is 0. The van der Waals surface area contributed by atoms with Crippen LogP contribution in [0, 0.1) is 0 Å². The fraction of sp³-hybridized carbons (Fsp3) is 0.444. The van der Waals surface area contributed by atoms with Crippen molar-refractivity contribution < 1.29 is 0 Å². The molecule has 2 rings (SSSR count). The van der Waals surface area contributed by atoms with Gasteiger partial charge in [0.05, 0.1) is 0 Å². The van der Waals surface area contributed by atoms with Crippen molar-refractivity contribution in [3.8, 4) is 0 Å². The summed E-state index contributed by atoms with van der Waals surface area (Å²) in [6, 6.07) is 0. The Morgan fingerprint density at radius 3 is 1.75 bits per heavy atom. The fourth-order valence-corrected chi connectivity index (χ4v) is 3.72. The maximum absolute atomic E-state index is 2.34. The summed E-state index contributed by atoms with van der Waals surface area (Å²) in [7, 11) is 4.50. The van der Waals surface area contributed by atoms with Crippen molar-refractivity contribution in [3.63, 3.8) is 0 Å². The molecular formula is C9H14N2S. The Balaban J connectivity index is 2.42. The lowest BCUT2D eigenvalue weighted by molar-refractivity contribution is 0.625. The molecule has 0 radical (unpaired) electrons. The molecule has 0 N–H and O–H groups in total. The summed E-state index contributed by atoms with van der Waals surface area (Å²) >= 11 is 0. The van der Waals surface area contributed by atoms with Crippen LogP contribution in [-0.2, 0) is 0 Å². The highest BCUT2D eigenvalue weighted by Gasteiger charge is 2.25. The maximum Gasteiger partial charge on any atom is 0.0409 e. The quantitative estimate of drug-likeness (QED) is 0.528. The first kappa shape index (κ1) is 7.92. The average Bonchev–Trinajstić information content (AvgIpc) is 2.40. The van der Waals surface area contributed by atoms with E-state index in [9.17, 15) is 0 Å². The Morgan fingerprint density at radius 1 is 1.00 bits per heavy atom. The van der Waals surface area contributed by atoms with Crippen LogP contribution >= 0.6 is 10.9 Å². The molecule has 0 aromatic rings. The van der Waals surface area contributed by atoms with Gasteiger partial charge in [-0.1, -0.05) is 0 Å². The van der Waals surface area contributed by atoms with Gasteiger partial charge in [-0.05, 0) is 26.0 Å². The summed E-state index contributed by atoms with van der Waals surface area (Å²) in [4.78, 5) is 1.45. The van der Waals surface area contributed by atoms with Crippen molar-refractivity contribution in [2.75, 3.05) is 14.1 Å². The molecule has 0 atom stereocenters. The Labute approximate surface area is 76.4 Å². The van der Waals surface area contributed by atoms with Gasteiger partial charge >= 0.3 is 0 Å². The average molecular weight is 182 g/mol. The molecule has 0 aliphatic carbocycles. The van der Waals surface area contributed by atoms with E-state index in [0.717, 1.165) is 0 Å². The molecule has 2 heterocycles. The predicted molar refractivity (Wildman–Crippen MR) is 55.6 cm³/mol. The molecule has 0 amide bonds. The smallest absolute Gasteiger partial charge is 0.0409 e. The summed E-state index contributed by atoms with van der Waals surface area (Å²) in [5, 5.41) is 0. The minimum atomic E-state index is 0.181. The van der Waals surface area contributed by atoms with E-state index in [-0.39, 0.29) is 10.9 Å². The second kappa shape index (κ2) is 2.39. The van der Waals surface area contributed by atoms with E-state index in [2.05, 4.69) is 48.7 Å². The van der Waals surface area contributed by atoms with Gasteiger partial charge in [0, 0.05) is 41.2 Å². The first-order chi connectivity index (χ1) is 5.61. The number of hydrogen-bond donors (Lipinski definition) is 0. The van der Waals surface area contributed by atoms with E-state index in [1.54, 1.807) is 0 Å². The van der Waals surface area contributed by atoms with E-state index >= 15 is 0 Å². The van der Waals surface area contributed by atoms with Crippen molar-refractivity contribution in [2.24, 2.45) is 0 Å². The summed E-state index contributed by atoms with van der Waals surface area (Å²) in [6.45, 7) is 4.32. The molecule has 2 aliphatic rings. The van der Waals surface area contributed by atoms with E-state index in [1.165, 1.54) is 16.3 Å². The van der Waals surface area contributed by atoms with Gasteiger partial charge in [-0.3, -0.25) is 0 Å². The molecule has 0 saturated carbocycles. The van der Waals surface area contributed by atoms with Gasteiger partial charge in [-0.2, -0.15) is 0 Å². The third-order valence-corrected chi connectivity index (χ3v) is 4.70. The van der Waals surface area contributed by atoms with Crippen LogP contribution in [0.25, 0.3) is 0 Å². The zero-order valence-electron chi connectivity index (χ0n) is 7.96. The van der Waals surface area contributed by atoms with Gasteiger partial charge in [0.2, 0.25) is 0 Å². The molecule has 0 saturated heterocycles. The lowest BCUT2D eigenvalue weighted by Gasteiger charge is -2.27. The third kappa shape index (κ3) is 0.860. The van der Waals surface area contributed by atoms with E-state index in [4.69, 9.17) is 0 Å². The van der Waals surface area contributed by atoms with Crippen molar-refractivity contribution >= 4 is 15.7 Å². The molecule has 0 aromatic carbocycles. The van der Waals surface area contributed by atoms with Gasteiger partial charge in [0.1, 0.15) is 0 Å². The molecule has 12 heavy (non-hydrogen) atoms. The summed E-state index contributed by atoms with van der Waals surface area (Å²) < 4.78 is 4.67. The molecule has 66 valence electrons. The normalized spacial score (nSPS) is 23.2. The van der Waals surface area contributed by atoms with Gasteiger partial charge in [-0.15, -0.1) is 0 Å². The van der Waals surface area contributed by atoms with E-state index in [1.807, 2.05) is 0 Å². The standard InChI is InChI=1S/C9H14N2S/c1-7-5-9-6-8(2)11(4)12(9)10(7)3/h5-6H,1-4H3. The molecule has 0 spiro atoms. The highest BCUT2D eigenvalue weighted by atomic mass is 32.2. The molecular weight excluding hydrogens is 168 g/mol. The molecule has 0 bridgehead atoms. The van der Waals surface area contributed by atoms with Crippen LogP contribution < -0.4 is 0 Å². The highest BCUT2D eigenvalue weighted by Crippen LogP contribution is 2.40. The number of allylic oxidation sites excluding steroid dienone is 4.